The van der Waals surface area contributed by atoms with E-state index in [0.29, 0.717) is 12.1 Å². The summed E-state index contributed by atoms with van der Waals surface area (Å²) in [4.78, 5) is 4.23. The Morgan fingerprint density at radius 2 is 2.41 bits per heavy atom. The third-order valence-electron chi connectivity index (χ3n) is 3.65. The smallest absolute Gasteiger partial charge is 0.0442 e. The first-order valence-corrected chi connectivity index (χ1v) is 7.74. The van der Waals surface area contributed by atoms with Crippen LogP contribution in [-0.4, -0.2) is 30.6 Å². The minimum atomic E-state index is 0.649. The Balaban J connectivity index is 2.05. The number of hydrogen-bond donors (Lipinski definition) is 1. The molecule has 2 atom stereocenters. The van der Waals surface area contributed by atoms with Crippen LogP contribution in [0.25, 0.3) is 0 Å². The summed E-state index contributed by atoms with van der Waals surface area (Å²) in [5.41, 5.74) is 0. The average Bonchev–Trinajstić information content (AvgIpc) is 2.89. The van der Waals surface area contributed by atoms with E-state index in [1.54, 1.807) is 4.88 Å². The Kier molecular flexibility index (Phi) is 5.01. The summed E-state index contributed by atoms with van der Waals surface area (Å²) < 4.78 is 0. The molecule has 0 amide bonds. The van der Waals surface area contributed by atoms with Gasteiger partial charge in [-0.2, -0.15) is 0 Å². The lowest BCUT2D eigenvalue weighted by Crippen LogP contribution is -2.51. The van der Waals surface area contributed by atoms with Gasteiger partial charge in [0.1, 0.15) is 0 Å². The molecule has 3 heteroatoms. The molecule has 2 nitrogen and oxygen atoms in total. The lowest BCUT2D eigenvalue weighted by atomic mass is 10.0. The van der Waals surface area contributed by atoms with Crippen molar-refractivity contribution in [3.63, 3.8) is 0 Å². The van der Waals surface area contributed by atoms with E-state index in [1.165, 1.54) is 32.4 Å². The summed E-state index contributed by atoms with van der Waals surface area (Å²) in [6, 6.07) is 5.81. The number of piperazine rings is 1. The topological polar surface area (TPSA) is 15.3 Å². The molecule has 0 saturated carbocycles. The van der Waals surface area contributed by atoms with Crippen LogP contribution in [0.1, 0.15) is 44.0 Å². The maximum absolute atomic E-state index is 3.60. The molecule has 1 aliphatic rings. The van der Waals surface area contributed by atoms with Crippen molar-refractivity contribution in [2.45, 2.75) is 45.2 Å². The van der Waals surface area contributed by atoms with E-state index in [9.17, 15) is 0 Å². The molecule has 1 aromatic rings. The second-order valence-electron chi connectivity index (χ2n) is 4.87. The summed E-state index contributed by atoms with van der Waals surface area (Å²) in [6.45, 7) is 8.11. The van der Waals surface area contributed by atoms with Gasteiger partial charge in [-0.05, 0) is 24.3 Å². The molecule has 1 aliphatic heterocycles. The highest BCUT2D eigenvalue weighted by molar-refractivity contribution is 7.10. The quantitative estimate of drug-likeness (QED) is 0.865. The van der Waals surface area contributed by atoms with Crippen LogP contribution in [-0.2, 0) is 0 Å². The van der Waals surface area contributed by atoms with E-state index in [1.807, 2.05) is 11.3 Å². The SMILES string of the molecule is CCCC(c1cccs1)N1CCNC(CC)C1. The first kappa shape index (κ1) is 13.1. The van der Waals surface area contributed by atoms with E-state index >= 15 is 0 Å². The fourth-order valence-electron chi connectivity index (χ4n) is 2.67. The Bertz CT molecular complexity index is 310. The van der Waals surface area contributed by atoms with Gasteiger partial charge in [-0.1, -0.05) is 26.3 Å². The molecule has 1 N–H and O–H groups in total. The number of rotatable bonds is 5. The molecule has 1 fully saturated rings. The third kappa shape index (κ3) is 3.30. The minimum Gasteiger partial charge on any atom is -0.311 e. The predicted molar refractivity (Wildman–Crippen MR) is 75.6 cm³/mol. The van der Waals surface area contributed by atoms with Crippen LogP contribution >= 0.6 is 11.3 Å². The van der Waals surface area contributed by atoms with Crippen molar-refractivity contribution in [1.82, 2.24) is 10.2 Å². The van der Waals surface area contributed by atoms with E-state index < -0.39 is 0 Å². The summed E-state index contributed by atoms with van der Waals surface area (Å²) in [7, 11) is 0. The Labute approximate surface area is 109 Å². The lowest BCUT2D eigenvalue weighted by molar-refractivity contribution is 0.136. The molecule has 1 saturated heterocycles. The van der Waals surface area contributed by atoms with Crippen LogP contribution in [0, 0.1) is 0 Å². The van der Waals surface area contributed by atoms with Gasteiger partial charge in [0.05, 0.1) is 0 Å². The van der Waals surface area contributed by atoms with Crippen molar-refractivity contribution in [1.29, 1.82) is 0 Å². The van der Waals surface area contributed by atoms with Crippen LogP contribution in [0.2, 0.25) is 0 Å². The highest BCUT2D eigenvalue weighted by atomic mass is 32.1. The van der Waals surface area contributed by atoms with E-state index in [-0.39, 0.29) is 0 Å². The normalized spacial score (nSPS) is 23.8. The first-order valence-electron chi connectivity index (χ1n) is 6.86. The van der Waals surface area contributed by atoms with Crippen molar-refractivity contribution in [2.75, 3.05) is 19.6 Å². The van der Waals surface area contributed by atoms with Crippen LogP contribution in [0.15, 0.2) is 17.5 Å². The molecule has 0 radical (unpaired) electrons. The largest absolute Gasteiger partial charge is 0.311 e. The molecular weight excluding hydrogens is 228 g/mol. The van der Waals surface area contributed by atoms with Crippen molar-refractivity contribution in [2.24, 2.45) is 0 Å². The molecule has 2 heterocycles. The standard InChI is InChI=1S/C14H24N2S/c1-3-6-13(14-7-5-10-17-14)16-9-8-15-12(4-2)11-16/h5,7,10,12-13,15H,3-4,6,8-9,11H2,1-2H3. The van der Waals surface area contributed by atoms with Gasteiger partial charge in [0.15, 0.2) is 0 Å². The van der Waals surface area contributed by atoms with Gasteiger partial charge in [0.2, 0.25) is 0 Å². The molecule has 2 unspecified atom stereocenters. The summed E-state index contributed by atoms with van der Waals surface area (Å²) >= 11 is 1.91. The van der Waals surface area contributed by atoms with Crippen molar-refractivity contribution in [3.8, 4) is 0 Å². The highest BCUT2D eigenvalue weighted by Crippen LogP contribution is 2.30. The molecule has 17 heavy (non-hydrogen) atoms. The number of nitrogens with one attached hydrogen (secondary N) is 1. The molecule has 0 bridgehead atoms. The lowest BCUT2D eigenvalue weighted by Gasteiger charge is -2.38. The fraction of sp³-hybridized carbons (Fsp3) is 0.714. The van der Waals surface area contributed by atoms with Gasteiger partial charge in [0, 0.05) is 36.6 Å². The number of hydrogen-bond acceptors (Lipinski definition) is 3. The van der Waals surface area contributed by atoms with Gasteiger partial charge in [0.25, 0.3) is 0 Å². The first-order chi connectivity index (χ1) is 8.35. The van der Waals surface area contributed by atoms with Crippen LogP contribution in [0.4, 0.5) is 0 Å². The highest BCUT2D eigenvalue weighted by Gasteiger charge is 2.25. The molecular formula is C14H24N2S. The van der Waals surface area contributed by atoms with Gasteiger partial charge >= 0.3 is 0 Å². The minimum absolute atomic E-state index is 0.649. The van der Waals surface area contributed by atoms with E-state index in [2.05, 4.69) is 41.6 Å². The zero-order chi connectivity index (χ0) is 12.1. The Morgan fingerprint density at radius 3 is 3.06 bits per heavy atom. The molecule has 0 aliphatic carbocycles. The van der Waals surface area contributed by atoms with Crippen LogP contribution in [0.3, 0.4) is 0 Å². The predicted octanol–water partition coefficient (Wildman–Crippen LogP) is 3.27. The van der Waals surface area contributed by atoms with E-state index in [4.69, 9.17) is 0 Å². The zero-order valence-electron chi connectivity index (χ0n) is 11.0. The summed E-state index contributed by atoms with van der Waals surface area (Å²) in [6.07, 6.45) is 3.79. The molecule has 0 aromatic carbocycles. The maximum Gasteiger partial charge on any atom is 0.0442 e. The van der Waals surface area contributed by atoms with Gasteiger partial charge in [-0.3, -0.25) is 4.90 Å². The van der Waals surface area contributed by atoms with Crippen molar-refractivity contribution in [3.05, 3.63) is 22.4 Å². The Morgan fingerprint density at radius 1 is 1.53 bits per heavy atom. The number of nitrogens with zero attached hydrogens (tertiary/aromatic N) is 1. The average molecular weight is 252 g/mol. The molecule has 2 rings (SSSR count). The Hall–Kier alpha value is -0.380. The molecule has 96 valence electrons. The van der Waals surface area contributed by atoms with Crippen LogP contribution in [0.5, 0.6) is 0 Å². The van der Waals surface area contributed by atoms with Crippen molar-refractivity contribution >= 4 is 11.3 Å². The zero-order valence-corrected chi connectivity index (χ0v) is 11.8. The van der Waals surface area contributed by atoms with Gasteiger partial charge < -0.3 is 5.32 Å². The summed E-state index contributed by atoms with van der Waals surface area (Å²) in [5, 5.41) is 5.81. The molecule has 1 aromatic heterocycles. The van der Waals surface area contributed by atoms with Gasteiger partial charge in [-0.15, -0.1) is 11.3 Å². The fourth-order valence-corrected chi connectivity index (χ4v) is 3.56. The summed E-state index contributed by atoms with van der Waals surface area (Å²) in [5.74, 6) is 0. The van der Waals surface area contributed by atoms with Crippen LogP contribution < -0.4 is 5.32 Å². The number of thiophene rings is 1. The third-order valence-corrected chi connectivity index (χ3v) is 4.63. The maximum atomic E-state index is 3.60. The van der Waals surface area contributed by atoms with E-state index in [0.717, 1.165) is 6.54 Å². The monoisotopic (exact) mass is 252 g/mol. The second kappa shape index (κ2) is 6.53. The van der Waals surface area contributed by atoms with Gasteiger partial charge in [-0.25, -0.2) is 0 Å². The molecule has 0 spiro atoms. The second-order valence-corrected chi connectivity index (χ2v) is 5.85. The van der Waals surface area contributed by atoms with Crippen molar-refractivity contribution < 1.29 is 0 Å².